The molecule has 3 rings (SSSR count). The van der Waals surface area contributed by atoms with E-state index in [-0.39, 0.29) is 30.4 Å². The van der Waals surface area contributed by atoms with Gasteiger partial charge < -0.3 is 16.0 Å². The van der Waals surface area contributed by atoms with Crippen molar-refractivity contribution in [1.29, 1.82) is 0 Å². The van der Waals surface area contributed by atoms with Gasteiger partial charge in [0.15, 0.2) is 0 Å². The van der Waals surface area contributed by atoms with Crippen molar-refractivity contribution >= 4 is 35.6 Å². The minimum absolute atomic E-state index is 0. The van der Waals surface area contributed by atoms with Gasteiger partial charge in [-0.15, -0.1) is 24.8 Å². The van der Waals surface area contributed by atoms with Crippen LogP contribution in [-0.2, 0) is 19.6 Å². The Hall–Kier alpha value is -1.85. The predicted octanol–water partition coefficient (Wildman–Crippen LogP) is 4.09. The standard InChI is InChI=1S/C21H25N3O.2ClH/c1-14(2)13-24-19(12-23)20(16-6-4-3-5-7-16)18-10-15(11-22)8-9-17(18)21(24)25;;/h3-10,14H,11-13,22-23H2,1-2H3;2*1H. The lowest BCUT2D eigenvalue weighted by Crippen LogP contribution is -2.28. The molecular formula is C21H27Cl2N3O. The van der Waals surface area contributed by atoms with Crippen molar-refractivity contribution in [2.75, 3.05) is 0 Å². The Bertz CT molecular complexity index is 953. The third-order valence-corrected chi connectivity index (χ3v) is 4.48. The van der Waals surface area contributed by atoms with Crippen LogP contribution in [0.4, 0.5) is 0 Å². The molecule has 0 bridgehead atoms. The quantitative estimate of drug-likeness (QED) is 0.668. The maximum absolute atomic E-state index is 13.1. The second-order valence-electron chi connectivity index (χ2n) is 6.79. The van der Waals surface area contributed by atoms with E-state index in [1.165, 1.54) is 0 Å². The van der Waals surface area contributed by atoms with Crippen LogP contribution < -0.4 is 17.0 Å². The number of pyridine rings is 1. The summed E-state index contributed by atoms with van der Waals surface area (Å²) >= 11 is 0. The Morgan fingerprint density at radius 1 is 0.926 bits per heavy atom. The van der Waals surface area contributed by atoms with E-state index in [1.54, 1.807) is 0 Å². The molecule has 0 aliphatic carbocycles. The van der Waals surface area contributed by atoms with Crippen molar-refractivity contribution in [2.45, 2.75) is 33.5 Å². The Labute approximate surface area is 172 Å². The topological polar surface area (TPSA) is 74.0 Å². The smallest absolute Gasteiger partial charge is 0.258 e. The number of halogens is 2. The molecule has 0 amide bonds. The summed E-state index contributed by atoms with van der Waals surface area (Å²) < 4.78 is 1.84. The molecule has 6 heteroatoms. The zero-order valence-corrected chi connectivity index (χ0v) is 17.3. The summed E-state index contributed by atoms with van der Waals surface area (Å²) in [5, 5.41) is 1.65. The summed E-state index contributed by atoms with van der Waals surface area (Å²) in [6.45, 7) is 5.62. The molecule has 1 aromatic heterocycles. The van der Waals surface area contributed by atoms with E-state index in [4.69, 9.17) is 11.5 Å². The molecule has 146 valence electrons. The highest BCUT2D eigenvalue weighted by molar-refractivity contribution is 5.97. The van der Waals surface area contributed by atoms with Crippen LogP contribution in [0, 0.1) is 5.92 Å². The molecule has 0 saturated carbocycles. The maximum Gasteiger partial charge on any atom is 0.258 e. The van der Waals surface area contributed by atoms with Crippen molar-refractivity contribution in [1.82, 2.24) is 4.57 Å². The summed E-state index contributed by atoms with van der Waals surface area (Å²) in [4.78, 5) is 13.1. The van der Waals surface area contributed by atoms with Gasteiger partial charge in [-0.3, -0.25) is 4.79 Å². The van der Waals surface area contributed by atoms with E-state index in [9.17, 15) is 4.79 Å². The van der Waals surface area contributed by atoms with Crippen molar-refractivity contribution in [3.05, 3.63) is 70.1 Å². The van der Waals surface area contributed by atoms with E-state index >= 15 is 0 Å². The number of nitrogens with zero attached hydrogens (tertiary/aromatic N) is 1. The van der Waals surface area contributed by atoms with Crippen LogP contribution in [0.15, 0.2) is 53.3 Å². The summed E-state index contributed by atoms with van der Waals surface area (Å²) in [5.41, 5.74) is 16.0. The van der Waals surface area contributed by atoms with Crippen LogP contribution in [0.1, 0.15) is 25.1 Å². The predicted molar refractivity (Wildman–Crippen MR) is 119 cm³/mol. The highest BCUT2D eigenvalue weighted by Gasteiger charge is 2.18. The molecule has 0 radical (unpaired) electrons. The monoisotopic (exact) mass is 407 g/mol. The van der Waals surface area contributed by atoms with Gasteiger partial charge in [-0.05, 0) is 34.6 Å². The van der Waals surface area contributed by atoms with Gasteiger partial charge in [0.05, 0.1) is 0 Å². The van der Waals surface area contributed by atoms with Crippen LogP contribution in [0.5, 0.6) is 0 Å². The molecule has 0 aliphatic heterocycles. The van der Waals surface area contributed by atoms with E-state index in [2.05, 4.69) is 26.0 Å². The summed E-state index contributed by atoms with van der Waals surface area (Å²) in [5.74, 6) is 0.354. The normalized spacial score (nSPS) is 10.6. The summed E-state index contributed by atoms with van der Waals surface area (Å²) in [7, 11) is 0. The zero-order chi connectivity index (χ0) is 18.0. The number of benzene rings is 2. The lowest BCUT2D eigenvalue weighted by atomic mass is 9.95. The minimum atomic E-state index is 0. The number of fused-ring (bicyclic) bond motifs is 1. The Morgan fingerprint density at radius 3 is 2.15 bits per heavy atom. The van der Waals surface area contributed by atoms with Crippen LogP contribution in [-0.4, -0.2) is 4.57 Å². The molecule has 4 N–H and O–H groups in total. The SMILES string of the molecule is CC(C)Cn1c(CN)c(-c2ccccc2)c2cc(CN)ccc2c1=O.Cl.Cl. The van der Waals surface area contributed by atoms with Crippen molar-refractivity contribution in [3.63, 3.8) is 0 Å². The average Bonchev–Trinajstić information content (AvgIpc) is 2.63. The van der Waals surface area contributed by atoms with Crippen molar-refractivity contribution in [2.24, 2.45) is 17.4 Å². The van der Waals surface area contributed by atoms with Gasteiger partial charge in [-0.1, -0.05) is 50.2 Å². The molecular weight excluding hydrogens is 381 g/mol. The highest BCUT2D eigenvalue weighted by atomic mass is 35.5. The van der Waals surface area contributed by atoms with Gasteiger partial charge in [-0.25, -0.2) is 0 Å². The third kappa shape index (κ3) is 4.53. The van der Waals surface area contributed by atoms with Gasteiger partial charge in [0.25, 0.3) is 5.56 Å². The Balaban J connectivity index is 0.00000182. The average molecular weight is 408 g/mol. The fourth-order valence-electron chi connectivity index (χ4n) is 3.37. The van der Waals surface area contributed by atoms with E-state index in [0.717, 1.165) is 27.8 Å². The molecule has 2 aromatic carbocycles. The van der Waals surface area contributed by atoms with E-state index in [1.807, 2.05) is 41.0 Å². The number of hydrogen-bond acceptors (Lipinski definition) is 3. The molecule has 3 aromatic rings. The van der Waals surface area contributed by atoms with E-state index < -0.39 is 0 Å². The van der Waals surface area contributed by atoms with Crippen LogP contribution in [0.2, 0.25) is 0 Å². The Morgan fingerprint density at radius 2 is 1.59 bits per heavy atom. The maximum atomic E-state index is 13.1. The number of aromatic nitrogens is 1. The summed E-state index contributed by atoms with van der Waals surface area (Å²) in [6.07, 6.45) is 0. The second-order valence-corrected chi connectivity index (χ2v) is 6.79. The van der Waals surface area contributed by atoms with Gasteiger partial charge in [-0.2, -0.15) is 0 Å². The van der Waals surface area contributed by atoms with E-state index in [0.29, 0.717) is 30.9 Å². The lowest BCUT2D eigenvalue weighted by molar-refractivity contribution is 0.499. The first kappa shape index (κ1) is 23.2. The van der Waals surface area contributed by atoms with Crippen molar-refractivity contribution < 1.29 is 0 Å². The first-order valence-corrected chi connectivity index (χ1v) is 8.70. The Kier molecular flexibility index (Phi) is 8.51. The molecule has 0 unspecified atom stereocenters. The number of rotatable bonds is 5. The molecule has 0 saturated heterocycles. The molecule has 0 aliphatic rings. The molecule has 0 atom stereocenters. The molecule has 0 fully saturated rings. The number of hydrogen-bond donors (Lipinski definition) is 2. The molecule has 0 spiro atoms. The lowest BCUT2D eigenvalue weighted by Gasteiger charge is -2.21. The highest BCUT2D eigenvalue weighted by Crippen LogP contribution is 2.31. The molecule has 1 heterocycles. The van der Waals surface area contributed by atoms with Crippen molar-refractivity contribution in [3.8, 4) is 11.1 Å². The third-order valence-electron chi connectivity index (χ3n) is 4.48. The zero-order valence-electron chi connectivity index (χ0n) is 15.6. The molecule has 4 nitrogen and oxygen atoms in total. The minimum Gasteiger partial charge on any atom is -0.326 e. The fourth-order valence-corrected chi connectivity index (χ4v) is 3.37. The first-order chi connectivity index (χ1) is 12.1. The van der Waals surface area contributed by atoms with Gasteiger partial charge >= 0.3 is 0 Å². The van der Waals surface area contributed by atoms with Crippen LogP contribution in [0.25, 0.3) is 21.9 Å². The number of nitrogens with two attached hydrogens (primary N) is 2. The van der Waals surface area contributed by atoms with Gasteiger partial charge in [0.1, 0.15) is 0 Å². The van der Waals surface area contributed by atoms with Crippen LogP contribution in [0.3, 0.4) is 0 Å². The summed E-state index contributed by atoms with van der Waals surface area (Å²) in [6, 6.07) is 16.0. The van der Waals surface area contributed by atoms with Gasteiger partial charge in [0.2, 0.25) is 0 Å². The largest absolute Gasteiger partial charge is 0.326 e. The first-order valence-electron chi connectivity index (χ1n) is 8.70. The van der Waals surface area contributed by atoms with Crippen LogP contribution >= 0.6 is 24.8 Å². The molecule has 27 heavy (non-hydrogen) atoms. The second kappa shape index (κ2) is 9.90. The fraction of sp³-hybridized carbons (Fsp3) is 0.286. The van der Waals surface area contributed by atoms with Gasteiger partial charge in [0, 0.05) is 36.3 Å².